The van der Waals surface area contributed by atoms with Gasteiger partial charge < -0.3 is 19.5 Å². The van der Waals surface area contributed by atoms with Gasteiger partial charge in [-0.2, -0.15) is 0 Å². The lowest BCUT2D eigenvalue weighted by atomic mass is 10.1. The average Bonchev–Trinajstić information content (AvgIpc) is 2.63. The summed E-state index contributed by atoms with van der Waals surface area (Å²) < 4.78 is 15.9. The van der Waals surface area contributed by atoms with E-state index in [9.17, 15) is 14.9 Å². The Labute approximate surface area is 161 Å². The summed E-state index contributed by atoms with van der Waals surface area (Å²) in [5.41, 5.74) is 0.0764. The van der Waals surface area contributed by atoms with Gasteiger partial charge in [0.2, 0.25) is 5.75 Å². The summed E-state index contributed by atoms with van der Waals surface area (Å²) in [6.45, 7) is 2.19. The molecule has 0 unspecified atom stereocenters. The van der Waals surface area contributed by atoms with Crippen molar-refractivity contribution in [2.24, 2.45) is 0 Å². The van der Waals surface area contributed by atoms with Crippen molar-refractivity contribution < 1.29 is 23.9 Å². The van der Waals surface area contributed by atoms with Crippen LogP contribution in [0.15, 0.2) is 36.4 Å². The summed E-state index contributed by atoms with van der Waals surface area (Å²) in [5, 5.41) is 14.2. The molecule has 0 saturated carbocycles. The number of nitrogens with zero attached hydrogens (tertiary/aromatic N) is 1. The zero-order valence-corrected chi connectivity index (χ0v) is 15.8. The molecule has 0 aliphatic rings. The number of carbonyl (C=O) groups excluding carboxylic acids is 1. The molecule has 8 nitrogen and oxygen atoms in total. The molecule has 27 heavy (non-hydrogen) atoms. The predicted molar refractivity (Wildman–Crippen MR) is 100.0 cm³/mol. The first kappa shape index (κ1) is 20.5. The molecule has 1 atom stereocenters. The lowest BCUT2D eigenvalue weighted by Gasteiger charge is -2.15. The molecule has 144 valence electrons. The van der Waals surface area contributed by atoms with Crippen molar-refractivity contribution in [3.05, 3.63) is 57.1 Å². The molecule has 2 aromatic rings. The van der Waals surface area contributed by atoms with Gasteiger partial charge in [-0.3, -0.25) is 14.9 Å². The first-order valence-corrected chi connectivity index (χ1v) is 8.33. The summed E-state index contributed by atoms with van der Waals surface area (Å²) in [4.78, 5) is 22.9. The summed E-state index contributed by atoms with van der Waals surface area (Å²) in [5.74, 6) is 0.186. The second-order valence-electron chi connectivity index (χ2n) is 5.67. The molecule has 0 spiro atoms. The molecule has 0 aliphatic carbocycles. The minimum absolute atomic E-state index is 0.00798. The Kier molecular flexibility index (Phi) is 6.98. The number of hydrogen-bond donors (Lipinski definition) is 1. The van der Waals surface area contributed by atoms with E-state index >= 15 is 0 Å². The number of amides is 1. The van der Waals surface area contributed by atoms with Gasteiger partial charge in [-0.15, -0.1) is 0 Å². The predicted octanol–water partition coefficient (Wildman–Crippen LogP) is 3.81. The van der Waals surface area contributed by atoms with Gasteiger partial charge in [0.05, 0.1) is 18.6 Å². The van der Waals surface area contributed by atoms with Gasteiger partial charge in [0.15, 0.2) is 11.5 Å². The number of carbonyl (C=O) groups is 1. The molecule has 0 bridgehead atoms. The number of halogens is 1. The fourth-order valence-corrected chi connectivity index (χ4v) is 2.50. The molecule has 1 amide bonds. The Balaban J connectivity index is 2.27. The third-order valence-electron chi connectivity index (χ3n) is 3.56. The molecule has 0 radical (unpaired) electrons. The number of nitro benzene ring substituents is 1. The molecule has 0 aliphatic heterocycles. The summed E-state index contributed by atoms with van der Waals surface area (Å²) in [6.07, 6.45) is 0. The maximum Gasteiger partial charge on any atom is 0.313 e. The molecule has 0 saturated heterocycles. The molecule has 0 aromatic heterocycles. The van der Waals surface area contributed by atoms with Gasteiger partial charge in [-0.25, -0.2) is 0 Å². The smallest absolute Gasteiger partial charge is 0.313 e. The van der Waals surface area contributed by atoms with Gasteiger partial charge in [0, 0.05) is 29.8 Å². The van der Waals surface area contributed by atoms with Gasteiger partial charge in [0.25, 0.3) is 5.91 Å². The van der Waals surface area contributed by atoms with Crippen LogP contribution >= 0.6 is 11.6 Å². The minimum atomic E-state index is -0.591. The van der Waals surface area contributed by atoms with Gasteiger partial charge in [-0.05, 0) is 37.3 Å². The summed E-state index contributed by atoms with van der Waals surface area (Å²) >= 11 is 5.80. The third-order valence-corrected chi connectivity index (χ3v) is 3.79. The van der Waals surface area contributed by atoms with E-state index < -0.39 is 4.92 Å². The number of methoxy groups -OCH3 is 2. The van der Waals surface area contributed by atoms with Crippen molar-refractivity contribution in [3.63, 3.8) is 0 Å². The Hall–Kier alpha value is -2.84. The van der Waals surface area contributed by atoms with Crippen LogP contribution in [-0.2, 0) is 4.74 Å². The van der Waals surface area contributed by atoms with E-state index in [-0.39, 0.29) is 39.9 Å². The standard InChI is InChI=1S/C18H19ClN2O6/c1-11(10-25-2)20-18(22)12-4-6-16(17(8-12)26-3)27-15-7-5-13(19)9-14(15)21(23)24/h4-9,11H,10H2,1-3H3,(H,20,22)/t11-/m1/s1. The Morgan fingerprint density at radius 3 is 2.52 bits per heavy atom. The van der Waals surface area contributed by atoms with E-state index in [0.717, 1.165) is 0 Å². The topological polar surface area (TPSA) is 99.9 Å². The largest absolute Gasteiger partial charge is 0.493 e. The van der Waals surface area contributed by atoms with Crippen LogP contribution < -0.4 is 14.8 Å². The number of benzene rings is 2. The second-order valence-corrected chi connectivity index (χ2v) is 6.10. The van der Waals surface area contributed by atoms with Gasteiger partial charge in [-0.1, -0.05) is 11.6 Å². The monoisotopic (exact) mass is 394 g/mol. The van der Waals surface area contributed by atoms with E-state index in [1.165, 1.54) is 43.5 Å². The van der Waals surface area contributed by atoms with E-state index in [2.05, 4.69) is 5.32 Å². The van der Waals surface area contributed by atoms with Crippen molar-refractivity contribution in [2.75, 3.05) is 20.8 Å². The highest BCUT2D eigenvalue weighted by molar-refractivity contribution is 6.30. The van der Waals surface area contributed by atoms with Crippen LogP contribution in [0.3, 0.4) is 0 Å². The minimum Gasteiger partial charge on any atom is -0.493 e. The molecular formula is C18H19ClN2O6. The zero-order valence-electron chi connectivity index (χ0n) is 15.0. The van der Waals surface area contributed by atoms with Crippen LogP contribution in [-0.4, -0.2) is 37.7 Å². The molecule has 0 fully saturated rings. The highest BCUT2D eigenvalue weighted by Gasteiger charge is 2.19. The van der Waals surface area contributed by atoms with E-state index in [4.69, 9.17) is 25.8 Å². The third kappa shape index (κ3) is 5.32. The number of rotatable bonds is 8. The summed E-state index contributed by atoms with van der Waals surface area (Å²) in [6, 6.07) is 8.44. The molecule has 2 rings (SSSR count). The maximum absolute atomic E-state index is 12.3. The van der Waals surface area contributed by atoms with Crippen LogP contribution in [0.5, 0.6) is 17.2 Å². The zero-order chi connectivity index (χ0) is 20.0. The SMILES string of the molecule is COC[C@@H](C)NC(=O)c1ccc(Oc2ccc(Cl)cc2[N+](=O)[O-])c(OC)c1. The number of hydrogen-bond acceptors (Lipinski definition) is 6. The van der Waals surface area contributed by atoms with Crippen molar-refractivity contribution in [2.45, 2.75) is 13.0 Å². The molecule has 1 N–H and O–H groups in total. The lowest BCUT2D eigenvalue weighted by Crippen LogP contribution is -2.35. The van der Waals surface area contributed by atoms with Crippen molar-refractivity contribution in [1.29, 1.82) is 0 Å². The van der Waals surface area contributed by atoms with Gasteiger partial charge in [0.1, 0.15) is 0 Å². The van der Waals surface area contributed by atoms with Crippen molar-refractivity contribution in [3.8, 4) is 17.2 Å². The van der Waals surface area contributed by atoms with E-state index in [1.54, 1.807) is 7.11 Å². The number of nitrogens with one attached hydrogen (secondary N) is 1. The first-order valence-electron chi connectivity index (χ1n) is 7.95. The van der Waals surface area contributed by atoms with Crippen LogP contribution in [0.2, 0.25) is 5.02 Å². The van der Waals surface area contributed by atoms with Crippen molar-refractivity contribution >= 4 is 23.2 Å². The lowest BCUT2D eigenvalue weighted by molar-refractivity contribution is -0.385. The first-order chi connectivity index (χ1) is 12.8. The van der Waals surface area contributed by atoms with E-state index in [0.29, 0.717) is 12.2 Å². The molecule has 2 aromatic carbocycles. The highest BCUT2D eigenvalue weighted by Crippen LogP contribution is 2.37. The highest BCUT2D eigenvalue weighted by atomic mass is 35.5. The van der Waals surface area contributed by atoms with E-state index in [1.807, 2.05) is 6.92 Å². The van der Waals surface area contributed by atoms with Crippen LogP contribution in [0.1, 0.15) is 17.3 Å². The number of ether oxygens (including phenoxy) is 3. The quantitative estimate of drug-likeness (QED) is 0.539. The Bertz CT molecular complexity index is 843. The fraction of sp³-hybridized carbons (Fsp3) is 0.278. The molecule has 0 heterocycles. The maximum atomic E-state index is 12.3. The summed E-state index contributed by atoms with van der Waals surface area (Å²) in [7, 11) is 2.96. The fourth-order valence-electron chi connectivity index (χ4n) is 2.33. The Morgan fingerprint density at radius 1 is 1.19 bits per heavy atom. The molecular weight excluding hydrogens is 376 g/mol. The normalized spacial score (nSPS) is 11.6. The Morgan fingerprint density at radius 2 is 1.89 bits per heavy atom. The second kappa shape index (κ2) is 9.20. The average molecular weight is 395 g/mol. The van der Waals surface area contributed by atoms with Crippen LogP contribution in [0.25, 0.3) is 0 Å². The van der Waals surface area contributed by atoms with Crippen LogP contribution in [0.4, 0.5) is 5.69 Å². The van der Waals surface area contributed by atoms with Gasteiger partial charge >= 0.3 is 5.69 Å². The van der Waals surface area contributed by atoms with Crippen LogP contribution in [0, 0.1) is 10.1 Å². The van der Waals surface area contributed by atoms with Crippen molar-refractivity contribution in [1.82, 2.24) is 5.32 Å². The molecule has 9 heteroatoms. The number of nitro groups is 1.